The highest BCUT2D eigenvalue weighted by atomic mass is 79.9. The molecule has 1 aromatic rings. The molecule has 1 fully saturated rings. The van der Waals surface area contributed by atoms with Gasteiger partial charge in [-0.15, -0.1) is 0 Å². The van der Waals surface area contributed by atoms with Crippen molar-refractivity contribution < 1.29 is 5.11 Å². The summed E-state index contributed by atoms with van der Waals surface area (Å²) in [6.45, 7) is 2.03. The minimum atomic E-state index is -0.266. The highest BCUT2D eigenvalue weighted by Gasteiger charge is 2.42. The van der Waals surface area contributed by atoms with Crippen LogP contribution in [0.25, 0.3) is 0 Å². The molecule has 2 nitrogen and oxygen atoms in total. The van der Waals surface area contributed by atoms with Gasteiger partial charge in [-0.1, -0.05) is 22.9 Å². The molecule has 1 aromatic carbocycles. The summed E-state index contributed by atoms with van der Waals surface area (Å²) in [7, 11) is 0. The number of aryl methyl sites for hydroxylation is 1. The first-order valence-corrected chi connectivity index (χ1v) is 5.67. The van der Waals surface area contributed by atoms with Gasteiger partial charge in [0, 0.05) is 15.6 Å². The summed E-state index contributed by atoms with van der Waals surface area (Å²) in [5.41, 5.74) is 7.67. The molecule has 14 heavy (non-hydrogen) atoms. The van der Waals surface area contributed by atoms with Crippen molar-refractivity contribution in [1.82, 2.24) is 0 Å². The van der Waals surface area contributed by atoms with E-state index in [1.165, 1.54) is 0 Å². The lowest BCUT2D eigenvalue weighted by atomic mass is 10.00. The second kappa shape index (κ2) is 3.24. The lowest BCUT2D eigenvalue weighted by Crippen LogP contribution is -2.19. The van der Waals surface area contributed by atoms with Crippen LogP contribution in [0, 0.1) is 0 Å². The molecule has 1 aliphatic rings. The average Bonchev–Trinajstić information content (AvgIpc) is 2.88. The van der Waals surface area contributed by atoms with Crippen molar-refractivity contribution in [2.75, 3.05) is 0 Å². The van der Waals surface area contributed by atoms with Gasteiger partial charge in [-0.3, -0.25) is 0 Å². The predicted octanol–water partition coefficient (Wildman–Crippen LogP) is 2.66. The number of nitrogens with two attached hydrogens (primary N) is 1. The molecule has 0 bridgehead atoms. The van der Waals surface area contributed by atoms with Gasteiger partial charge in [0.05, 0.1) is 0 Å². The largest absolute Gasteiger partial charge is 0.507 e. The van der Waals surface area contributed by atoms with E-state index in [0.29, 0.717) is 5.75 Å². The molecule has 0 aliphatic heterocycles. The molecule has 76 valence electrons. The molecule has 2 rings (SSSR count). The highest BCUT2D eigenvalue weighted by molar-refractivity contribution is 9.10. The van der Waals surface area contributed by atoms with E-state index in [1.54, 1.807) is 0 Å². The molecule has 0 heterocycles. The van der Waals surface area contributed by atoms with Crippen LogP contribution in [-0.4, -0.2) is 5.11 Å². The fourth-order valence-electron chi connectivity index (χ4n) is 1.71. The second-order valence-electron chi connectivity index (χ2n) is 3.97. The molecular formula is C11H14BrNO. The lowest BCUT2D eigenvalue weighted by molar-refractivity contribution is 0.453. The maximum absolute atomic E-state index is 9.99. The first-order valence-electron chi connectivity index (χ1n) is 4.87. The van der Waals surface area contributed by atoms with Gasteiger partial charge in [-0.25, -0.2) is 0 Å². The summed E-state index contributed by atoms with van der Waals surface area (Å²) in [6, 6.07) is 3.88. The molecule has 1 saturated carbocycles. The Hall–Kier alpha value is -0.540. The van der Waals surface area contributed by atoms with E-state index in [0.717, 1.165) is 34.9 Å². The van der Waals surface area contributed by atoms with E-state index in [9.17, 15) is 5.11 Å². The van der Waals surface area contributed by atoms with Gasteiger partial charge in [-0.05, 0) is 37.0 Å². The Bertz CT molecular complexity index is 372. The summed E-state index contributed by atoms with van der Waals surface area (Å²) >= 11 is 3.44. The maximum atomic E-state index is 9.99. The fraction of sp³-hybridized carbons (Fsp3) is 0.455. The van der Waals surface area contributed by atoms with Crippen LogP contribution < -0.4 is 5.73 Å². The lowest BCUT2D eigenvalue weighted by Gasteiger charge is -2.14. The van der Waals surface area contributed by atoms with Crippen LogP contribution in [0.4, 0.5) is 0 Å². The number of hydrogen-bond donors (Lipinski definition) is 2. The van der Waals surface area contributed by atoms with Crippen LogP contribution in [0.15, 0.2) is 16.6 Å². The fourth-order valence-corrected chi connectivity index (χ4v) is 2.21. The first kappa shape index (κ1) is 9.99. The van der Waals surface area contributed by atoms with Crippen molar-refractivity contribution in [2.45, 2.75) is 31.7 Å². The molecule has 0 radical (unpaired) electrons. The molecule has 0 amide bonds. The highest BCUT2D eigenvalue weighted by Crippen LogP contribution is 2.48. The van der Waals surface area contributed by atoms with E-state index in [1.807, 2.05) is 19.1 Å². The molecule has 3 heteroatoms. The van der Waals surface area contributed by atoms with E-state index in [2.05, 4.69) is 15.9 Å². The van der Waals surface area contributed by atoms with Gasteiger partial charge in [-0.2, -0.15) is 0 Å². The Balaban J connectivity index is 2.54. The van der Waals surface area contributed by atoms with E-state index >= 15 is 0 Å². The van der Waals surface area contributed by atoms with Gasteiger partial charge in [0.1, 0.15) is 5.75 Å². The molecule has 0 unspecified atom stereocenters. The van der Waals surface area contributed by atoms with Crippen molar-refractivity contribution >= 4 is 15.9 Å². The second-order valence-corrected chi connectivity index (χ2v) is 4.89. The first-order chi connectivity index (χ1) is 6.57. The van der Waals surface area contributed by atoms with Crippen LogP contribution in [0.2, 0.25) is 0 Å². The number of benzene rings is 1. The number of aromatic hydroxyl groups is 1. The van der Waals surface area contributed by atoms with Crippen molar-refractivity contribution in [3.63, 3.8) is 0 Å². The van der Waals surface area contributed by atoms with Crippen LogP contribution in [0.1, 0.15) is 30.9 Å². The minimum absolute atomic E-state index is 0.266. The molecular weight excluding hydrogens is 242 g/mol. The van der Waals surface area contributed by atoms with E-state index in [-0.39, 0.29) is 5.54 Å². The SMILES string of the molecule is CCc1cc(Br)cc(C2(N)CC2)c1O. The van der Waals surface area contributed by atoms with Crippen LogP contribution in [-0.2, 0) is 12.0 Å². The summed E-state index contributed by atoms with van der Waals surface area (Å²) in [5, 5.41) is 9.99. The molecule has 0 aromatic heterocycles. The summed E-state index contributed by atoms with van der Waals surface area (Å²) in [5.74, 6) is 0.385. The summed E-state index contributed by atoms with van der Waals surface area (Å²) in [6.07, 6.45) is 2.77. The third-order valence-electron chi connectivity index (χ3n) is 2.86. The predicted molar refractivity (Wildman–Crippen MR) is 60.3 cm³/mol. The van der Waals surface area contributed by atoms with Crippen LogP contribution >= 0.6 is 15.9 Å². The van der Waals surface area contributed by atoms with E-state index < -0.39 is 0 Å². The Morgan fingerprint density at radius 1 is 1.50 bits per heavy atom. The van der Waals surface area contributed by atoms with Crippen LogP contribution in [0.5, 0.6) is 5.75 Å². The van der Waals surface area contributed by atoms with Crippen LogP contribution in [0.3, 0.4) is 0 Å². The minimum Gasteiger partial charge on any atom is -0.507 e. The molecule has 0 atom stereocenters. The third-order valence-corrected chi connectivity index (χ3v) is 3.32. The number of hydrogen-bond acceptors (Lipinski definition) is 2. The number of phenolic OH excluding ortho intramolecular Hbond substituents is 1. The third kappa shape index (κ3) is 1.55. The smallest absolute Gasteiger partial charge is 0.123 e. The van der Waals surface area contributed by atoms with Gasteiger partial charge in [0.25, 0.3) is 0 Å². The maximum Gasteiger partial charge on any atom is 0.123 e. The van der Waals surface area contributed by atoms with Gasteiger partial charge < -0.3 is 10.8 Å². The average molecular weight is 256 g/mol. The molecule has 0 saturated heterocycles. The van der Waals surface area contributed by atoms with Gasteiger partial charge in [0.2, 0.25) is 0 Å². The normalized spacial score (nSPS) is 18.2. The standard InChI is InChI=1S/C11H14BrNO/c1-2-7-5-8(12)6-9(10(7)14)11(13)3-4-11/h5-6,14H,2-4,13H2,1H3. The number of halogens is 1. The van der Waals surface area contributed by atoms with Crippen molar-refractivity contribution in [3.05, 3.63) is 27.7 Å². The molecule has 3 N–H and O–H groups in total. The van der Waals surface area contributed by atoms with Gasteiger partial charge >= 0.3 is 0 Å². The zero-order valence-electron chi connectivity index (χ0n) is 8.18. The Labute approximate surface area is 92.3 Å². The Kier molecular flexibility index (Phi) is 2.32. The monoisotopic (exact) mass is 255 g/mol. The number of phenols is 1. The zero-order chi connectivity index (χ0) is 10.3. The summed E-state index contributed by atoms with van der Waals surface area (Å²) < 4.78 is 0.999. The Morgan fingerprint density at radius 3 is 2.64 bits per heavy atom. The molecule has 0 spiro atoms. The quantitative estimate of drug-likeness (QED) is 0.854. The van der Waals surface area contributed by atoms with Crippen molar-refractivity contribution in [1.29, 1.82) is 0 Å². The Morgan fingerprint density at radius 2 is 2.14 bits per heavy atom. The zero-order valence-corrected chi connectivity index (χ0v) is 9.76. The van der Waals surface area contributed by atoms with Gasteiger partial charge in [0.15, 0.2) is 0 Å². The van der Waals surface area contributed by atoms with Crippen molar-refractivity contribution in [2.24, 2.45) is 5.73 Å². The topological polar surface area (TPSA) is 46.2 Å². The number of rotatable bonds is 2. The summed E-state index contributed by atoms with van der Waals surface area (Å²) in [4.78, 5) is 0. The molecule has 1 aliphatic carbocycles. The van der Waals surface area contributed by atoms with Crippen molar-refractivity contribution in [3.8, 4) is 5.75 Å². The van der Waals surface area contributed by atoms with E-state index in [4.69, 9.17) is 5.73 Å².